The first kappa shape index (κ1) is 15.1. The van der Waals surface area contributed by atoms with Crippen LogP contribution in [0.5, 0.6) is 0 Å². The lowest BCUT2D eigenvalue weighted by molar-refractivity contribution is 0.0841. The smallest absolute Gasteiger partial charge is 0.267 e. The quantitative estimate of drug-likeness (QED) is 0.814. The summed E-state index contributed by atoms with van der Waals surface area (Å²) in [6, 6.07) is 9.38. The molecule has 7 heteroatoms. The van der Waals surface area contributed by atoms with Gasteiger partial charge in [-0.3, -0.25) is 20.4 Å². The Labute approximate surface area is 127 Å². The molecule has 2 rings (SSSR count). The molecule has 0 bridgehead atoms. The molecule has 108 valence electrons. The molecule has 2 amide bonds. The number of benzene rings is 2. The Morgan fingerprint density at radius 2 is 1.38 bits per heavy atom. The summed E-state index contributed by atoms with van der Waals surface area (Å²) < 4.78 is 27.5. The van der Waals surface area contributed by atoms with Gasteiger partial charge in [0.25, 0.3) is 11.8 Å². The molecule has 2 aromatic rings. The Bertz CT molecular complexity index is 670. The summed E-state index contributed by atoms with van der Waals surface area (Å²) in [5.41, 5.74) is 3.58. The van der Waals surface area contributed by atoms with Crippen molar-refractivity contribution in [3.05, 3.63) is 69.7 Å². The highest BCUT2D eigenvalue weighted by Crippen LogP contribution is 2.12. The molecule has 0 unspecified atom stereocenters. The van der Waals surface area contributed by atoms with Crippen LogP contribution < -0.4 is 10.9 Å². The van der Waals surface area contributed by atoms with Crippen LogP contribution in [0.3, 0.4) is 0 Å². The standard InChI is InChI=1S/C14H9BrF2N2O2/c15-9-6-4-8(5-7-9)13(20)18-19-14(21)12-10(16)2-1-3-11(12)17/h1-7H,(H,18,20)(H,19,21). The lowest BCUT2D eigenvalue weighted by Gasteiger charge is -2.08. The molecule has 0 aromatic heterocycles. The average Bonchev–Trinajstić information content (AvgIpc) is 2.45. The number of halogens is 3. The van der Waals surface area contributed by atoms with Crippen LogP contribution in [0, 0.1) is 11.6 Å². The van der Waals surface area contributed by atoms with Gasteiger partial charge in [0.2, 0.25) is 0 Å². The Morgan fingerprint density at radius 3 is 1.95 bits per heavy atom. The monoisotopic (exact) mass is 354 g/mol. The first-order valence-electron chi connectivity index (χ1n) is 5.79. The van der Waals surface area contributed by atoms with Crippen LogP contribution in [0.4, 0.5) is 8.78 Å². The summed E-state index contributed by atoms with van der Waals surface area (Å²) >= 11 is 3.22. The molecule has 0 saturated heterocycles. The number of hydrogen-bond donors (Lipinski definition) is 2. The molecular formula is C14H9BrF2N2O2. The van der Waals surface area contributed by atoms with Crippen LogP contribution in [0.1, 0.15) is 20.7 Å². The van der Waals surface area contributed by atoms with Gasteiger partial charge in [-0.25, -0.2) is 8.78 Å². The summed E-state index contributed by atoms with van der Waals surface area (Å²) in [6.07, 6.45) is 0. The topological polar surface area (TPSA) is 58.2 Å². The number of nitrogens with one attached hydrogen (secondary N) is 2. The van der Waals surface area contributed by atoms with Crippen LogP contribution in [0.2, 0.25) is 0 Å². The number of amides is 2. The third kappa shape index (κ3) is 3.63. The van der Waals surface area contributed by atoms with E-state index in [0.29, 0.717) is 0 Å². The van der Waals surface area contributed by atoms with Crippen molar-refractivity contribution in [2.75, 3.05) is 0 Å². The molecule has 0 heterocycles. The number of carbonyl (C=O) groups excluding carboxylic acids is 2. The Balaban J connectivity index is 2.04. The van der Waals surface area contributed by atoms with Crippen LogP contribution in [0.15, 0.2) is 46.9 Å². The van der Waals surface area contributed by atoms with Crippen molar-refractivity contribution in [3.63, 3.8) is 0 Å². The van der Waals surface area contributed by atoms with Crippen molar-refractivity contribution >= 4 is 27.7 Å². The van der Waals surface area contributed by atoms with E-state index in [1.807, 2.05) is 5.43 Å². The maximum absolute atomic E-state index is 13.4. The first-order chi connectivity index (χ1) is 9.99. The first-order valence-corrected chi connectivity index (χ1v) is 6.58. The number of rotatable bonds is 2. The van der Waals surface area contributed by atoms with Gasteiger partial charge in [-0.2, -0.15) is 0 Å². The van der Waals surface area contributed by atoms with Crippen molar-refractivity contribution in [3.8, 4) is 0 Å². The van der Waals surface area contributed by atoms with Gasteiger partial charge in [0.15, 0.2) is 0 Å². The number of hydrogen-bond acceptors (Lipinski definition) is 2. The minimum Gasteiger partial charge on any atom is -0.267 e. The van der Waals surface area contributed by atoms with Crippen LogP contribution in [0.25, 0.3) is 0 Å². The summed E-state index contributed by atoms with van der Waals surface area (Å²) in [4.78, 5) is 23.4. The fourth-order valence-corrected chi connectivity index (χ4v) is 1.83. The highest BCUT2D eigenvalue weighted by molar-refractivity contribution is 9.10. The second-order valence-electron chi connectivity index (χ2n) is 4.01. The second-order valence-corrected chi connectivity index (χ2v) is 4.93. The SMILES string of the molecule is O=C(NNC(=O)c1c(F)cccc1F)c1ccc(Br)cc1. The number of hydrazine groups is 1. The van der Waals surface area contributed by atoms with Gasteiger partial charge in [0.05, 0.1) is 0 Å². The zero-order valence-electron chi connectivity index (χ0n) is 10.5. The lowest BCUT2D eigenvalue weighted by Crippen LogP contribution is -2.42. The molecule has 0 aliphatic carbocycles. The maximum atomic E-state index is 13.4. The van der Waals surface area contributed by atoms with Crippen molar-refractivity contribution < 1.29 is 18.4 Å². The molecule has 0 fully saturated rings. The molecule has 0 spiro atoms. The third-order valence-electron chi connectivity index (χ3n) is 2.59. The van der Waals surface area contributed by atoms with Gasteiger partial charge in [-0.05, 0) is 36.4 Å². The van der Waals surface area contributed by atoms with Gasteiger partial charge >= 0.3 is 0 Å². The summed E-state index contributed by atoms with van der Waals surface area (Å²) in [7, 11) is 0. The highest BCUT2D eigenvalue weighted by Gasteiger charge is 2.17. The molecular weight excluding hydrogens is 346 g/mol. The minimum atomic E-state index is -1.07. The second kappa shape index (κ2) is 6.45. The predicted octanol–water partition coefficient (Wildman–Crippen LogP) is 2.80. The Kier molecular flexibility index (Phi) is 4.64. The van der Waals surface area contributed by atoms with Gasteiger partial charge in [-0.1, -0.05) is 22.0 Å². The van der Waals surface area contributed by atoms with E-state index < -0.39 is 29.0 Å². The van der Waals surface area contributed by atoms with Gasteiger partial charge < -0.3 is 0 Å². The molecule has 4 nitrogen and oxygen atoms in total. The molecule has 0 radical (unpaired) electrons. The largest absolute Gasteiger partial charge is 0.275 e. The molecule has 2 N–H and O–H groups in total. The summed E-state index contributed by atoms with van der Waals surface area (Å²) in [5.74, 6) is -3.69. The zero-order valence-corrected chi connectivity index (χ0v) is 12.1. The van der Waals surface area contributed by atoms with Gasteiger partial charge in [0, 0.05) is 10.0 Å². The Morgan fingerprint density at radius 1 is 0.857 bits per heavy atom. The van der Waals surface area contributed by atoms with E-state index in [9.17, 15) is 18.4 Å². The predicted molar refractivity (Wildman–Crippen MR) is 75.4 cm³/mol. The normalized spacial score (nSPS) is 10.0. The van der Waals surface area contributed by atoms with Gasteiger partial charge in [-0.15, -0.1) is 0 Å². The summed E-state index contributed by atoms with van der Waals surface area (Å²) in [5, 5.41) is 0. The van der Waals surface area contributed by atoms with Crippen molar-refractivity contribution in [2.45, 2.75) is 0 Å². The molecule has 0 aliphatic rings. The van der Waals surface area contributed by atoms with Crippen molar-refractivity contribution in [2.24, 2.45) is 0 Å². The third-order valence-corrected chi connectivity index (χ3v) is 3.11. The molecule has 2 aromatic carbocycles. The van der Waals surface area contributed by atoms with E-state index in [2.05, 4.69) is 21.4 Å². The molecule has 0 aliphatic heterocycles. The molecule has 21 heavy (non-hydrogen) atoms. The van der Waals surface area contributed by atoms with E-state index in [-0.39, 0.29) is 5.56 Å². The Hall–Kier alpha value is -2.28. The van der Waals surface area contributed by atoms with Crippen LogP contribution in [-0.4, -0.2) is 11.8 Å². The van der Waals surface area contributed by atoms with Crippen molar-refractivity contribution in [1.82, 2.24) is 10.9 Å². The average molecular weight is 355 g/mol. The summed E-state index contributed by atoms with van der Waals surface area (Å²) in [6.45, 7) is 0. The van der Waals surface area contributed by atoms with Crippen LogP contribution >= 0.6 is 15.9 Å². The number of carbonyl (C=O) groups is 2. The van der Waals surface area contributed by atoms with Crippen molar-refractivity contribution in [1.29, 1.82) is 0 Å². The fourth-order valence-electron chi connectivity index (χ4n) is 1.56. The van der Waals surface area contributed by atoms with Crippen LogP contribution in [-0.2, 0) is 0 Å². The highest BCUT2D eigenvalue weighted by atomic mass is 79.9. The maximum Gasteiger partial charge on any atom is 0.275 e. The van der Waals surface area contributed by atoms with Gasteiger partial charge in [0.1, 0.15) is 17.2 Å². The van der Waals surface area contributed by atoms with E-state index in [4.69, 9.17) is 0 Å². The molecule has 0 atom stereocenters. The minimum absolute atomic E-state index is 0.285. The van der Waals surface area contributed by atoms with E-state index in [1.165, 1.54) is 12.1 Å². The van der Waals surface area contributed by atoms with E-state index in [1.54, 1.807) is 12.1 Å². The van der Waals surface area contributed by atoms with E-state index >= 15 is 0 Å². The van der Waals surface area contributed by atoms with E-state index in [0.717, 1.165) is 22.7 Å². The lowest BCUT2D eigenvalue weighted by atomic mass is 10.2. The fraction of sp³-hybridized carbons (Fsp3) is 0. The molecule has 0 saturated carbocycles. The zero-order chi connectivity index (χ0) is 15.4.